The second-order valence-electron chi connectivity index (χ2n) is 7.02. The fourth-order valence-corrected chi connectivity index (χ4v) is 3.21. The normalized spacial score (nSPS) is 27.4. The van der Waals surface area contributed by atoms with E-state index in [0.29, 0.717) is 5.41 Å². The molecule has 1 fully saturated rings. The van der Waals surface area contributed by atoms with E-state index in [9.17, 15) is 0 Å². The van der Waals surface area contributed by atoms with Gasteiger partial charge < -0.3 is 10.2 Å². The van der Waals surface area contributed by atoms with Crippen LogP contribution in [-0.2, 0) is 0 Å². The van der Waals surface area contributed by atoms with Crippen LogP contribution in [0.1, 0.15) is 46.5 Å². The third-order valence-electron chi connectivity index (χ3n) is 3.81. The molecule has 96 valence electrons. The number of hydrogen-bond acceptors (Lipinski definition) is 0. The van der Waals surface area contributed by atoms with Crippen molar-refractivity contribution in [3.05, 3.63) is 0 Å². The van der Waals surface area contributed by atoms with Crippen LogP contribution >= 0.6 is 0 Å². The zero-order chi connectivity index (χ0) is 12.2. The van der Waals surface area contributed by atoms with Crippen LogP contribution in [0.3, 0.4) is 0 Å². The minimum absolute atomic E-state index is 0.472. The minimum Gasteiger partial charge on any atom is -0.343 e. The van der Waals surface area contributed by atoms with Crippen molar-refractivity contribution in [2.45, 2.75) is 52.5 Å². The summed E-state index contributed by atoms with van der Waals surface area (Å²) in [6.07, 6.45) is 5.78. The lowest BCUT2D eigenvalue weighted by Crippen LogP contribution is -3.08. The van der Waals surface area contributed by atoms with Gasteiger partial charge in [-0.1, -0.05) is 13.3 Å². The average Bonchev–Trinajstić information content (AvgIpc) is 2.13. The lowest BCUT2D eigenvalue weighted by molar-refractivity contribution is -0.869. The van der Waals surface area contributed by atoms with Crippen LogP contribution in [0.15, 0.2) is 0 Å². The molecule has 0 aromatic heterocycles. The van der Waals surface area contributed by atoms with E-state index in [4.69, 9.17) is 0 Å². The third-order valence-corrected chi connectivity index (χ3v) is 3.81. The van der Waals surface area contributed by atoms with Gasteiger partial charge in [0, 0.05) is 6.42 Å². The summed E-state index contributed by atoms with van der Waals surface area (Å²) in [5, 5.41) is 2.62. The lowest BCUT2D eigenvalue weighted by atomic mass is 9.86. The van der Waals surface area contributed by atoms with Crippen molar-refractivity contribution in [2.24, 2.45) is 11.3 Å². The minimum atomic E-state index is 0.472. The summed E-state index contributed by atoms with van der Waals surface area (Å²) in [6, 6.07) is 0.903. The summed E-state index contributed by atoms with van der Waals surface area (Å²) < 4.78 is 0. The molecule has 1 aliphatic rings. The van der Waals surface area contributed by atoms with Gasteiger partial charge in [-0.05, 0) is 32.6 Å². The fraction of sp³-hybridized carbons (Fsp3) is 1.00. The van der Waals surface area contributed by atoms with Crippen LogP contribution in [0.2, 0.25) is 0 Å². The van der Waals surface area contributed by atoms with Crippen molar-refractivity contribution in [3.63, 3.8) is 0 Å². The molecule has 0 radical (unpaired) electrons. The van der Waals surface area contributed by atoms with E-state index in [2.05, 4.69) is 40.2 Å². The molecule has 0 aromatic rings. The van der Waals surface area contributed by atoms with Crippen LogP contribution in [0.4, 0.5) is 0 Å². The van der Waals surface area contributed by atoms with Crippen molar-refractivity contribution in [2.75, 3.05) is 27.2 Å². The van der Waals surface area contributed by atoms with Crippen molar-refractivity contribution in [1.82, 2.24) is 0 Å². The van der Waals surface area contributed by atoms with Crippen molar-refractivity contribution >= 4 is 0 Å². The largest absolute Gasteiger partial charge is 0.343 e. The molecule has 3 N–H and O–H groups in total. The topological polar surface area (TPSA) is 21.1 Å². The molecular weight excluding hydrogens is 196 g/mol. The molecule has 0 saturated heterocycles. The van der Waals surface area contributed by atoms with Crippen molar-refractivity contribution < 1.29 is 10.2 Å². The highest BCUT2D eigenvalue weighted by molar-refractivity contribution is 4.70. The molecule has 0 bridgehead atoms. The molecule has 2 nitrogen and oxygen atoms in total. The zero-order valence-corrected chi connectivity index (χ0v) is 12.0. The summed E-state index contributed by atoms with van der Waals surface area (Å²) in [4.78, 5) is 1.57. The number of nitrogens with one attached hydrogen (secondary N) is 1. The highest BCUT2D eigenvalue weighted by Gasteiger charge is 2.27. The maximum absolute atomic E-state index is 2.62. The highest BCUT2D eigenvalue weighted by atomic mass is 15.1. The SMILES string of the molecule is C[C@@H]1CCC[C@@H]([NH2+]CC(C)(C)C[NH+](C)C)C1. The van der Waals surface area contributed by atoms with E-state index in [-0.39, 0.29) is 0 Å². The van der Waals surface area contributed by atoms with E-state index in [1.54, 1.807) is 4.90 Å². The molecule has 0 heterocycles. The molecule has 1 saturated carbocycles. The van der Waals surface area contributed by atoms with Crippen LogP contribution in [0.25, 0.3) is 0 Å². The first-order chi connectivity index (χ1) is 7.39. The average molecular weight is 228 g/mol. The predicted octanol–water partition coefficient (Wildman–Crippen LogP) is 0.299. The summed E-state index contributed by atoms with van der Waals surface area (Å²) >= 11 is 0. The van der Waals surface area contributed by atoms with E-state index in [0.717, 1.165) is 12.0 Å². The molecule has 2 atom stereocenters. The Morgan fingerprint density at radius 1 is 1.25 bits per heavy atom. The first-order valence-electron chi connectivity index (χ1n) is 7.01. The summed E-state index contributed by atoms with van der Waals surface area (Å²) in [5.41, 5.74) is 0.472. The zero-order valence-electron chi connectivity index (χ0n) is 12.0. The maximum Gasteiger partial charge on any atom is 0.0873 e. The van der Waals surface area contributed by atoms with Crippen LogP contribution in [0.5, 0.6) is 0 Å². The quantitative estimate of drug-likeness (QED) is 0.675. The molecule has 0 aliphatic heterocycles. The van der Waals surface area contributed by atoms with Crippen LogP contribution in [0, 0.1) is 11.3 Å². The second-order valence-corrected chi connectivity index (χ2v) is 7.02. The van der Waals surface area contributed by atoms with E-state index in [1.165, 1.54) is 38.8 Å². The fourth-order valence-electron chi connectivity index (χ4n) is 3.21. The Bertz CT molecular complexity index is 199. The Balaban J connectivity index is 2.27. The van der Waals surface area contributed by atoms with E-state index >= 15 is 0 Å². The van der Waals surface area contributed by atoms with Gasteiger partial charge in [0.25, 0.3) is 0 Å². The van der Waals surface area contributed by atoms with E-state index in [1.807, 2.05) is 0 Å². The van der Waals surface area contributed by atoms with Gasteiger partial charge in [0.05, 0.1) is 38.6 Å². The van der Waals surface area contributed by atoms with Gasteiger partial charge >= 0.3 is 0 Å². The van der Waals surface area contributed by atoms with Gasteiger partial charge in [0.1, 0.15) is 0 Å². The standard InChI is InChI=1S/C14H30N2/c1-12-7-6-8-13(9-12)15-10-14(2,3)11-16(4)5/h12-13,15H,6-11H2,1-5H3/p+2/t12-,13-/m1/s1. The van der Waals surface area contributed by atoms with Gasteiger partial charge in [0.2, 0.25) is 0 Å². The molecule has 16 heavy (non-hydrogen) atoms. The molecule has 0 spiro atoms. The monoisotopic (exact) mass is 228 g/mol. The summed E-state index contributed by atoms with van der Waals surface area (Å²) in [5.74, 6) is 0.956. The van der Waals surface area contributed by atoms with Gasteiger partial charge in [-0.25, -0.2) is 0 Å². The van der Waals surface area contributed by atoms with Crippen LogP contribution < -0.4 is 10.2 Å². The van der Waals surface area contributed by atoms with Gasteiger partial charge in [-0.3, -0.25) is 0 Å². The Morgan fingerprint density at radius 2 is 1.94 bits per heavy atom. The molecule has 0 unspecified atom stereocenters. The van der Waals surface area contributed by atoms with Crippen molar-refractivity contribution in [1.29, 1.82) is 0 Å². The Morgan fingerprint density at radius 3 is 2.50 bits per heavy atom. The van der Waals surface area contributed by atoms with Gasteiger partial charge in [0.15, 0.2) is 0 Å². The number of rotatable bonds is 5. The number of nitrogens with two attached hydrogens (primary N) is 1. The molecule has 2 heteroatoms. The van der Waals surface area contributed by atoms with Crippen molar-refractivity contribution in [3.8, 4) is 0 Å². The summed E-state index contributed by atoms with van der Waals surface area (Å²) in [7, 11) is 4.51. The number of quaternary nitrogens is 2. The molecular formula is C14H32N2+2. The Kier molecular flexibility index (Phi) is 5.26. The smallest absolute Gasteiger partial charge is 0.0873 e. The molecule has 0 aromatic carbocycles. The first-order valence-corrected chi connectivity index (χ1v) is 7.01. The second kappa shape index (κ2) is 6.02. The molecule has 0 amide bonds. The Labute approximate surface area is 102 Å². The summed E-state index contributed by atoms with van der Waals surface area (Å²) in [6.45, 7) is 9.78. The highest BCUT2D eigenvalue weighted by Crippen LogP contribution is 2.21. The third kappa shape index (κ3) is 5.31. The Hall–Kier alpha value is -0.0800. The van der Waals surface area contributed by atoms with E-state index < -0.39 is 0 Å². The molecule has 1 rings (SSSR count). The first kappa shape index (κ1) is 14.0. The lowest BCUT2D eigenvalue weighted by Gasteiger charge is -2.29. The number of hydrogen-bond donors (Lipinski definition) is 2. The molecule has 1 aliphatic carbocycles. The van der Waals surface area contributed by atoms with Gasteiger partial charge in [-0.15, -0.1) is 0 Å². The predicted molar refractivity (Wildman–Crippen MR) is 69.7 cm³/mol. The maximum atomic E-state index is 2.62. The van der Waals surface area contributed by atoms with Crippen LogP contribution in [-0.4, -0.2) is 33.2 Å². The van der Waals surface area contributed by atoms with Gasteiger partial charge in [-0.2, -0.15) is 0 Å².